The lowest BCUT2D eigenvalue weighted by Crippen LogP contribution is -2.28. The lowest BCUT2D eigenvalue weighted by Gasteiger charge is -2.26. The molecule has 0 unspecified atom stereocenters. The molecule has 24 heavy (non-hydrogen) atoms. The zero-order valence-corrected chi connectivity index (χ0v) is 14.0. The first-order chi connectivity index (χ1) is 11.7. The molecule has 0 radical (unpaired) electrons. The molecule has 0 atom stereocenters. The molecule has 1 N–H and O–H groups in total. The Morgan fingerprint density at radius 2 is 1.79 bits per heavy atom. The van der Waals surface area contributed by atoms with Crippen LogP contribution in [0, 0.1) is 0 Å². The van der Waals surface area contributed by atoms with Gasteiger partial charge in [0.15, 0.2) is 0 Å². The molecule has 3 heterocycles. The molecule has 2 aromatic heterocycles. The standard InChI is InChI=1S/C19H21N5/c1-19(2,14-7-4-3-5-8-14)17-15-13-20-12-9-16(15)24(23-17)18-21-10-6-11-22-18/h3-8,10-11,20H,9,12-13H2,1-2H3. The van der Waals surface area contributed by atoms with Crippen LogP contribution in [0.4, 0.5) is 0 Å². The van der Waals surface area contributed by atoms with E-state index in [1.54, 1.807) is 12.4 Å². The predicted octanol–water partition coefficient (Wildman–Crippen LogP) is 2.63. The highest BCUT2D eigenvalue weighted by Gasteiger charge is 2.33. The second kappa shape index (κ2) is 5.83. The topological polar surface area (TPSA) is 55.6 Å². The third kappa shape index (κ3) is 2.41. The van der Waals surface area contributed by atoms with E-state index in [1.165, 1.54) is 16.8 Å². The van der Waals surface area contributed by atoms with E-state index in [9.17, 15) is 0 Å². The zero-order valence-electron chi connectivity index (χ0n) is 14.0. The first-order valence-corrected chi connectivity index (χ1v) is 8.33. The molecule has 0 bridgehead atoms. The fourth-order valence-corrected chi connectivity index (χ4v) is 3.41. The maximum Gasteiger partial charge on any atom is 0.250 e. The number of benzene rings is 1. The Morgan fingerprint density at radius 1 is 1.04 bits per heavy atom. The van der Waals surface area contributed by atoms with Gasteiger partial charge in [-0.15, -0.1) is 0 Å². The maximum absolute atomic E-state index is 4.96. The Hall–Kier alpha value is -2.53. The fourth-order valence-electron chi connectivity index (χ4n) is 3.41. The van der Waals surface area contributed by atoms with Crippen LogP contribution in [0.2, 0.25) is 0 Å². The maximum atomic E-state index is 4.96. The van der Waals surface area contributed by atoms with Crippen molar-refractivity contribution in [2.45, 2.75) is 32.2 Å². The van der Waals surface area contributed by atoms with Gasteiger partial charge in [-0.2, -0.15) is 5.10 Å². The second-order valence-corrected chi connectivity index (χ2v) is 6.65. The van der Waals surface area contributed by atoms with E-state index in [-0.39, 0.29) is 5.41 Å². The van der Waals surface area contributed by atoms with Crippen LogP contribution >= 0.6 is 0 Å². The fraction of sp³-hybridized carbons (Fsp3) is 0.316. The van der Waals surface area contributed by atoms with Crippen molar-refractivity contribution in [3.05, 3.63) is 71.3 Å². The Bertz CT molecular complexity index is 837. The molecule has 0 aliphatic carbocycles. The van der Waals surface area contributed by atoms with Gasteiger partial charge in [-0.1, -0.05) is 44.2 Å². The van der Waals surface area contributed by atoms with Crippen molar-refractivity contribution in [3.8, 4) is 5.95 Å². The van der Waals surface area contributed by atoms with Crippen molar-refractivity contribution in [1.29, 1.82) is 0 Å². The summed E-state index contributed by atoms with van der Waals surface area (Å²) in [4.78, 5) is 8.79. The molecule has 0 amide bonds. The summed E-state index contributed by atoms with van der Waals surface area (Å²) in [6, 6.07) is 12.4. The lowest BCUT2D eigenvalue weighted by atomic mass is 9.79. The van der Waals surface area contributed by atoms with Gasteiger partial charge in [0, 0.05) is 42.9 Å². The Kier molecular flexibility index (Phi) is 3.65. The van der Waals surface area contributed by atoms with Gasteiger partial charge >= 0.3 is 0 Å². The molecule has 1 aromatic carbocycles. The van der Waals surface area contributed by atoms with Crippen molar-refractivity contribution >= 4 is 0 Å². The van der Waals surface area contributed by atoms with E-state index < -0.39 is 0 Å². The van der Waals surface area contributed by atoms with Gasteiger partial charge < -0.3 is 5.32 Å². The van der Waals surface area contributed by atoms with Crippen molar-refractivity contribution in [2.24, 2.45) is 0 Å². The van der Waals surface area contributed by atoms with Crippen LogP contribution in [0.3, 0.4) is 0 Å². The molecule has 0 saturated carbocycles. The lowest BCUT2D eigenvalue weighted by molar-refractivity contribution is 0.586. The number of fused-ring (bicyclic) bond motifs is 1. The Balaban J connectivity index is 1.89. The first-order valence-electron chi connectivity index (χ1n) is 8.33. The SMILES string of the molecule is CC(C)(c1ccccc1)c1nn(-c2ncccn2)c2c1CNCC2. The molecule has 0 fully saturated rings. The van der Waals surface area contributed by atoms with Gasteiger partial charge in [0.25, 0.3) is 5.95 Å². The van der Waals surface area contributed by atoms with Crippen molar-refractivity contribution in [3.63, 3.8) is 0 Å². The molecule has 122 valence electrons. The summed E-state index contributed by atoms with van der Waals surface area (Å²) >= 11 is 0. The van der Waals surface area contributed by atoms with E-state index in [0.717, 1.165) is 25.2 Å². The smallest absolute Gasteiger partial charge is 0.250 e. The van der Waals surface area contributed by atoms with E-state index in [1.807, 2.05) is 16.8 Å². The molecule has 5 nitrogen and oxygen atoms in total. The first kappa shape index (κ1) is 15.0. The number of aromatic nitrogens is 4. The molecular weight excluding hydrogens is 298 g/mol. The molecule has 1 aliphatic heterocycles. The third-order valence-electron chi connectivity index (χ3n) is 4.76. The molecule has 1 aliphatic rings. The number of nitrogens with zero attached hydrogens (tertiary/aromatic N) is 4. The minimum atomic E-state index is -0.176. The summed E-state index contributed by atoms with van der Waals surface area (Å²) < 4.78 is 1.93. The number of hydrogen-bond donors (Lipinski definition) is 1. The van der Waals surface area contributed by atoms with Crippen LogP contribution in [0.1, 0.15) is 36.4 Å². The molecular formula is C19H21N5. The van der Waals surface area contributed by atoms with Gasteiger partial charge in [-0.05, 0) is 11.6 Å². The van der Waals surface area contributed by atoms with E-state index in [4.69, 9.17) is 5.10 Å². The van der Waals surface area contributed by atoms with Crippen LogP contribution in [0.25, 0.3) is 5.95 Å². The highest BCUT2D eigenvalue weighted by atomic mass is 15.4. The molecule has 5 heteroatoms. The summed E-state index contributed by atoms with van der Waals surface area (Å²) in [5.74, 6) is 0.644. The quantitative estimate of drug-likeness (QED) is 0.806. The number of rotatable bonds is 3. The number of hydrogen-bond acceptors (Lipinski definition) is 4. The van der Waals surface area contributed by atoms with Crippen LogP contribution in [-0.4, -0.2) is 26.3 Å². The summed E-state index contributed by atoms with van der Waals surface area (Å²) in [5.41, 5.74) is 4.69. The number of nitrogens with one attached hydrogen (secondary N) is 1. The van der Waals surface area contributed by atoms with Gasteiger partial charge in [-0.25, -0.2) is 14.6 Å². The molecule has 0 spiro atoms. The monoisotopic (exact) mass is 319 g/mol. The van der Waals surface area contributed by atoms with Crippen LogP contribution in [0.5, 0.6) is 0 Å². The van der Waals surface area contributed by atoms with E-state index in [2.05, 4.69) is 53.4 Å². The van der Waals surface area contributed by atoms with Gasteiger partial charge in [-0.3, -0.25) is 0 Å². The average molecular weight is 319 g/mol. The van der Waals surface area contributed by atoms with Gasteiger partial charge in [0.05, 0.1) is 11.4 Å². The van der Waals surface area contributed by atoms with Crippen LogP contribution in [-0.2, 0) is 18.4 Å². The summed E-state index contributed by atoms with van der Waals surface area (Å²) in [7, 11) is 0. The minimum Gasteiger partial charge on any atom is -0.312 e. The third-order valence-corrected chi connectivity index (χ3v) is 4.76. The van der Waals surface area contributed by atoms with E-state index in [0.29, 0.717) is 5.95 Å². The highest BCUT2D eigenvalue weighted by Crippen LogP contribution is 2.35. The van der Waals surface area contributed by atoms with Gasteiger partial charge in [0.2, 0.25) is 0 Å². The predicted molar refractivity (Wildman–Crippen MR) is 93.1 cm³/mol. The average Bonchev–Trinajstić information content (AvgIpc) is 3.04. The molecule has 4 rings (SSSR count). The zero-order chi connectivity index (χ0) is 16.6. The minimum absolute atomic E-state index is 0.176. The van der Waals surface area contributed by atoms with Gasteiger partial charge in [0.1, 0.15) is 0 Å². The second-order valence-electron chi connectivity index (χ2n) is 6.65. The molecule has 0 saturated heterocycles. The summed E-state index contributed by atoms with van der Waals surface area (Å²) in [6.07, 6.45) is 4.46. The van der Waals surface area contributed by atoms with Crippen molar-refractivity contribution in [1.82, 2.24) is 25.1 Å². The normalized spacial score (nSPS) is 14.4. The molecule has 3 aromatic rings. The van der Waals surface area contributed by atoms with Crippen LogP contribution < -0.4 is 5.32 Å². The van der Waals surface area contributed by atoms with Crippen molar-refractivity contribution < 1.29 is 0 Å². The Labute approximate surface area is 141 Å². The van der Waals surface area contributed by atoms with E-state index >= 15 is 0 Å². The summed E-state index contributed by atoms with van der Waals surface area (Å²) in [5, 5.41) is 8.44. The van der Waals surface area contributed by atoms with Crippen LogP contribution in [0.15, 0.2) is 48.8 Å². The highest BCUT2D eigenvalue weighted by molar-refractivity contribution is 5.42. The Morgan fingerprint density at radius 3 is 2.54 bits per heavy atom. The van der Waals surface area contributed by atoms with Crippen molar-refractivity contribution in [2.75, 3.05) is 6.54 Å². The largest absolute Gasteiger partial charge is 0.312 e. The summed E-state index contributed by atoms with van der Waals surface area (Å²) in [6.45, 7) is 6.26.